The van der Waals surface area contributed by atoms with Crippen LogP contribution in [-0.2, 0) is 14.1 Å². The average Bonchev–Trinajstić information content (AvgIpc) is 2.01. The van der Waals surface area contributed by atoms with Crippen LogP contribution in [0.15, 0.2) is 22.2 Å². The fraction of sp³-hybridized carbons (Fsp3) is 0.333. The quantitative estimate of drug-likeness (QED) is 0.386. The summed E-state index contributed by atoms with van der Waals surface area (Å²) in [4.78, 5) is 11.1. The first-order chi connectivity index (χ1) is 5.16. The molecule has 0 aliphatic heterocycles. The SMILES string of the molecule is Cn1ccc(=NO)n(C)c1=O. The van der Waals surface area contributed by atoms with Crippen molar-refractivity contribution in [1.82, 2.24) is 9.13 Å². The van der Waals surface area contributed by atoms with Crippen molar-refractivity contribution in [2.24, 2.45) is 19.3 Å². The Bertz CT molecular complexity index is 374. The molecule has 0 unspecified atom stereocenters. The topological polar surface area (TPSA) is 59.5 Å². The van der Waals surface area contributed by atoms with Crippen LogP contribution in [0.25, 0.3) is 0 Å². The lowest BCUT2D eigenvalue weighted by Crippen LogP contribution is -2.36. The van der Waals surface area contributed by atoms with Gasteiger partial charge in [-0.15, -0.1) is 0 Å². The summed E-state index contributed by atoms with van der Waals surface area (Å²) in [6.45, 7) is 0. The Morgan fingerprint density at radius 2 is 2.18 bits per heavy atom. The number of hydrogen-bond acceptors (Lipinski definition) is 3. The van der Waals surface area contributed by atoms with E-state index >= 15 is 0 Å². The first-order valence-corrected chi connectivity index (χ1v) is 3.07. The molecule has 1 aromatic rings. The molecular weight excluding hydrogens is 146 g/mol. The number of rotatable bonds is 0. The summed E-state index contributed by atoms with van der Waals surface area (Å²) in [6, 6.07) is 1.54. The smallest absolute Gasteiger partial charge is 0.329 e. The van der Waals surface area contributed by atoms with E-state index in [9.17, 15) is 4.79 Å². The summed E-state index contributed by atoms with van der Waals surface area (Å²) < 4.78 is 2.65. The summed E-state index contributed by atoms with van der Waals surface area (Å²) in [5, 5.41) is 11.3. The van der Waals surface area contributed by atoms with Crippen molar-refractivity contribution in [3.05, 3.63) is 28.2 Å². The highest BCUT2D eigenvalue weighted by atomic mass is 16.4. The lowest BCUT2D eigenvalue weighted by molar-refractivity contribution is 0.293. The molecule has 1 aromatic heterocycles. The second-order valence-electron chi connectivity index (χ2n) is 2.23. The second kappa shape index (κ2) is 2.61. The molecule has 11 heavy (non-hydrogen) atoms. The molecule has 0 aliphatic rings. The molecule has 0 aliphatic carbocycles. The fourth-order valence-electron chi connectivity index (χ4n) is 0.789. The number of hydrogen-bond donors (Lipinski definition) is 1. The van der Waals surface area contributed by atoms with Gasteiger partial charge in [-0.25, -0.2) is 4.79 Å². The molecule has 0 bridgehead atoms. The van der Waals surface area contributed by atoms with Gasteiger partial charge in [0.15, 0.2) is 5.49 Å². The van der Waals surface area contributed by atoms with Crippen LogP contribution in [-0.4, -0.2) is 14.3 Å². The minimum Gasteiger partial charge on any atom is -0.409 e. The lowest BCUT2D eigenvalue weighted by Gasteiger charge is -1.99. The van der Waals surface area contributed by atoms with E-state index in [1.165, 1.54) is 22.4 Å². The van der Waals surface area contributed by atoms with Crippen LogP contribution >= 0.6 is 0 Å². The molecule has 5 heteroatoms. The maximum Gasteiger partial charge on any atom is 0.329 e. The molecule has 1 heterocycles. The Morgan fingerprint density at radius 3 is 2.73 bits per heavy atom. The van der Waals surface area contributed by atoms with E-state index in [0.717, 1.165) is 0 Å². The molecule has 0 saturated carbocycles. The summed E-state index contributed by atoms with van der Waals surface area (Å²) in [6.07, 6.45) is 1.54. The third-order valence-corrected chi connectivity index (χ3v) is 1.48. The third kappa shape index (κ3) is 1.17. The Kier molecular flexibility index (Phi) is 1.80. The van der Waals surface area contributed by atoms with Crippen LogP contribution in [0.4, 0.5) is 0 Å². The maximum atomic E-state index is 11.1. The summed E-state index contributed by atoms with van der Waals surface area (Å²) in [5.74, 6) is 0. The van der Waals surface area contributed by atoms with Crippen molar-refractivity contribution < 1.29 is 5.21 Å². The largest absolute Gasteiger partial charge is 0.409 e. The number of aryl methyl sites for hydroxylation is 1. The minimum atomic E-state index is -0.222. The van der Waals surface area contributed by atoms with Gasteiger partial charge in [0, 0.05) is 26.4 Å². The van der Waals surface area contributed by atoms with Crippen molar-refractivity contribution in [1.29, 1.82) is 0 Å². The zero-order chi connectivity index (χ0) is 8.43. The van der Waals surface area contributed by atoms with Crippen LogP contribution in [0.1, 0.15) is 0 Å². The van der Waals surface area contributed by atoms with Gasteiger partial charge in [-0.3, -0.25) is 4.57 Å². The van der Waals surface area contributed by atoms with Gasteiger partial charge in [-0.1, -0.05) is 5.16 Å². The first-order valence-electron chi connectivity index (χ1n) is 3.07. The van der Waals surface area contributed by atoms with E-state index in [-0.39, 0.29) is 11.2 Å². The van der Waals surface area contributed by atoms with E-state index in [0.29, 0.717) is 0 Å². The van der Waals surface area contributed by atoms with Crippen LogP contribution in [0.3, 0.4) is 0 Å². The van der Waals surface area contributed by atoms with Gasteiger partial charge in [-0.2, -0.15) is 0 Å². The van der Waals surface area contributed by atoms with Gasteiger partial charge >= 0.3 is 5.69 Å². The fourth-order valence-corrected chi connectivity index (χ4v) is 0.789. The molecule has 0 fully saturated rings. The van der Waals surface area contributed by atoms with Crippen LogP contribution in [0, 0.1) is 0 Å². The van der Waals surface area contributed by atoms with Crippen molar-refractivity contribution >= 4 is 0 Å². The summed E-state index contributed by atoms with van der Waals surface area (Å²) in [5.41, 5.74) is 0.0217. The Labute approximate surface area is 62.8 Å². The van der Waals surface area contributed by atoms with Crippen molar-refractivity contribution in [3.8, 4) is 0 Å². The molecule has 0 spiro atoms. The average molecular weight is 155 g/mol. The standard InChI is InChI=1S/C6H9N3O2/c1-8-4-3-5(7-11)9(2)6(8)10/h3-4,11H,1-2H3. The van der Waals surface area contributed by atoms with Crippen molar-refractivity contribution in [2.75, 3.05) is 0 Å². The highest BCUT2D eigenvalue weighted by Crippen LogP contribution is 1.67. The van der Waals surface area contributed by atoms with Gasteiger partial charge in [0.25, 0.3) is 0 Å². The van der Waals surface area contributed by atoms with Crippen LogP contribution in [0.5, 0.6) is 0 Å². The summed E-state index contributed by atoms with van der Waals surface area (Å²) >= 11 is 0. The van der Waals surface area contributed by atoms with Crippen LogP contribution < -0.4 is 11.2 Å². The van der Waals surface area contributed by atoms with E-state index in [1.54, 1.807) is 13.1 Å². The molecule has 0 atom stereocenters. The van der Waals surface area contributed by atoms with Crippen LogP contribution in [0.2, 0.25) is 0 Å². The van der Waals surface area contributed by atoms with Gasteiger partial charge in [0.2, 0.25) is 0 Å². The molecular formula is C6H9N3O2. The molecule has 0 radical (unpaired) electrons. The number of nitrogens with zero attached hydrogens (tertiary/aromatic N) is 3. The second-order valence-corrected chi connectivity index (χ2v) is 2.23. The van der Waals surface area contributed by atoms with Gasteiger partial charge in [-0.05, 0) is 0 Å². The highest BCUT2D eigenvalue weighted by molar-refractivity contribution is 4.82. The zero-order valence-corrected chi connectivity index (χ0v) is 6.35. The molecule has 0 amide bonds. The Hall–Kier alpha value is -1.52. The summed E-state index contributed by atoms with van der Waals surface area (Å²) in [7, 11) is 3.17. The molecule has 5 nitrogen and oxygen atoms in total. The third-order valence-electron chi connectivity index (χ3n) is 1.48. The molecule has 1 N–H and O–H groups in total. The van der Waals surface area contributed by atoms with Gasteiger partial charge in [0.05, 0.1) is 0 Å². The molecule has 0 aromatic carbocycles. The lowest BCUT2D eigenvalue weighted by atomic mass is 10.6. The maximum absolute atomic E-state index is 11.1. The molecule has 0 saturated heterocycles. The monoisotopic (exact) mass is 155 g/mol. The van der Waals surface area contributed by atoms with Crippen molar-refractivity contribution in [2.45, 2.75) is 0 Å². The molecule has 1 rings (SSSR count). The Balaban J connectivity index is 3.64. The minimum absolute atomic E-state index is 0.222. The van der Waals surface area contributed by atoms with Gasteiger partial charge < -0.3 is 9.77 Å². The number of aromatic nitrogens is 2. The van der Waals surface area contributed by atoms with E-state index < -0.39 is 0 Å². The first kappa shape index (κ1) is 7.59. The Morgan fingerprint density at radius 1 is 1.55 bits per heavy atom. The van der Waals surface area contributed by atoms with Gasteiger partial charge in [0.1, 0.15) is 0 Å². The zero-order valence-electron chi connectivity index (χ0n) is 6.35. The predicted molar refractivity (Wildman–Crippen MR) is 38.0 cm³/mol. The normalized spacial score (nSPS) is 12.0. The predicted octanol–water partition coefficient (Wildman–Crippen LogP) is -0.986. The van der Waals surface area contributed by atoms with E-state index in [1.807, 2.05) is 0 Å². The van der Waals surface area contributed by atoms with Crippen molar-refractivity contribution in [3.63, 3.8) is 0 Å². The molecule has 60 valence electrons. The van der Waals surface area contributed by atoms with E-state index in [2.05, 4.69) is 5.16 Å². The highest BCUT2D eigenvalue weighted by Gasteiger charge is 1.93. The van der Waals surface area contributed by atoms with E-state index in [4.69, 9.17) is 5.21 Å².